The van der Waals surface area contributed by atoms with Crippen LogP contribution in [0.5, 0.6) is 5.75 Å². The summed E-state index contributed by atoms with van der Waals surface area (Å²) in [4.78, 5) is 14.5. The Balaban J connectivity index is 1.88. The van der Waals surface area contributed by atoms with Crippen LogP contribution in [0.3, 0.4) is 0 Å². The van der Waals surface area contributed by atoms with Gasteiger partial charge in [0, 0.05) is 35.5 Å². The first-order valence-electron chi connectivity index (χ1n) is 13.3. The normalized spacial score (nSPS) is 16.8. The van der Waals surface area contributed by atoms with Crippen LogP contribution in [0.15, 0.2) is 76.5 Å². The van der Waals surface area contributed by atoms with Crippen molar-refractivity contribution in [3.05, 3.63) is 77.9 Å². The Morgan fingerprint density at radius 2 is 1.82 bits per heavy atom. The molecule has 214 valence electrons. The first-order chi connectivity index (χ1) is 19.3. The number of thioether (sulfide) groups is 2. The fourth-order valence-electron chi connectivity index (χ4n) is 4.94. The van der Waals surface area contributed by atoms with Crippen molar-refractivity contribution in [2.24, 2.45) is 0 Å². The van der Waals surface area contributed by atoms with E-state index in [4.69, 9.17) is 9.84 Å². The van der Waals surface area contributed by atoms with Crippen molar-refractivity contribution >= 4 is 50.9 Å². The Kier molecular flexibility index (Phi) is 10.5. The zero-order valence-electron chi connectivity index (χ0n) is 23.1. The third-order valence-electron chi connectivity index (χ3n) is 6.98. The summed E-state index contributed by atoms with van der Waals surface area (Å²) in [5, 5.41) is 9.16. The number of ether oxygens (including phenoxy) is 1. The van der Waals surface area contributed by atoms with Crippen LogP contribution in [0, 0.1) is 0 Å². The van der Waals surface area contributed by atoms with E-state index in [2.05, 4.69) is 11.8 Å². The van der Waals surface area contributed by atoms with E-state index in [1.807, 2.05) is 66.9 Å². The first-order valence-corrected chi connectivity index (χ1v) is 17.1. The maximum Gasteiger partial charge on any atom is 0.313 e. The molecule has 0 fully saturated rings. The quantitative estimate of drug-likeness (QED) is 0.232. The topological polar surface area (TPSA) is 87.2 Å². The lowest BCUT2D eigenvalue weighted by Gasteiger charge is -2.31. The van der Waals surface area contributed by atoms with Crippen LogP contribution in [0.25, 0.3) is 0 Å². The van der Waals surface area contributed by atoms with Gasteiger partial charge in [0.15, 0.2) is 0 Å². The number of benzene rings is 3. The molecule has 0 aromatic heterocycles. The van der Waals surface area contributed by atoms with Gasteiger partial charge in [0.25, 0.3) is 0 Å². The molecule has 1 aliphatic rings. The third-order valence-corrected chi connectivity index (χ3v) is 10.7. The van der Waals surface area contributed by atoms with Gasteiger partial charge in [-0.15, -0.1) is 23.5 Å². The maximum absolute atomic E-state index is 14.6. The van der Waals surface area contributed by atoms with Crippen molar-refractivity contribution in [1.29, 1.82) is 0 Å². The van der Waals surface area contributed by atoms with E-state index in [1.54, 1.807) is 29.2 Å². The smallest absolute Gasteiger partial charge is 0.313 e. The molecule has 0 radical (unpaired) electrons. The van der Waals surface area contributed by atoms with Crippen LogP contribution in [0.2, 0.25) is 0 Å². The van der Waals surface area contributed by atoms with Crippen LogP contribution in [-0.2, 0) is 27.1 Å². The van der Waals surface area contributed by atoms with Gasteiger partial charge in [0.2, 0.25) is 10.0 Å². The second-order valence-electron chi connectivity index (χ2n) is 9.66. The summed E-state index contributed by atoms with van der Waals surface area (Å²) in [5.74, 6) is 0.196. The number of aliphatic carboxylic acids is 1. The molecule has 1 heterocycles. The van der Waals surface area contributed by atoms with Crippen molar-refractivity contribution < 1.29 is 23.1 Å². The van der Waals surface area contributed by atoms with Gasteiger partial charge in [-0.05, 0) is 60.2 Å². The average Bonchev–Trinajstić information content (AvgIpc) is 3.04. The minimum absolute atomic E-state index is 0.0452. The molecule has 1 N–H and O–H groups in total. The Labute approximate surface area is 246 Å². The van der Waals surface area contributed by atoms with Gasteiger partial charge < -0.3 is 14.7 Å². The van der Waals surface area contributed by atoms with Crippen molar-refractivity contribution in [2.75, 3.05) is 30.6 Å². The number of unbranched alkanes of at least 4 members (excludes halogenated alkanes) is 1. The predicted octanol–water partition coefficient (Wildman–Crippen LogP) is 6.64. The van der Waals surface area contributed by atoms with Crippen molar-refractivity contribution in [3.8, 4) is 5.75 Å². The van der Waals surface area contributed by atoms with Gasteiger partial charge in [-0.2, -0.15) is 4.31 Å². The summed E-state index contributed by atoms with van der Waals surface area (Å²) in [6.07, 6.45) is 4.57. The number of hydrogen-bond acceptors (Lipinski definition) is 7. The molecule has 3 aromatic rings. The second kappa shape index (κ2) is 13.8. The van der Waals surface area contributed by atoms with E-state index in [0.717, 1.165) is 46.7 Å². The zero-order chi connectivity index (χ0) is 28.7. The molecule has 0 unspecified atom stereocenters. The van der Waals surface area contributed by atoms with Gasteiger partial charge in [-0.3, -0.25) is 4.79 Å². The van der Waals surface area contributed by atoms with E-state index in [1.165, 1.54) is 11.8 Å². The molecule has 1 aliphatic heterocycles. The van der Waals surface area contributed by atoms with Crippen molar-refractivity contribution in [2.45, 2.75) is 54.3 Å². The first kappa shape index (κ1) is 30.3. The number of carboxylic acid groups (broad SMARTS) is 1. The van der Waals surface area contributed by atoms with Crippen molar-refractivity contribution in [3.63, 3.8) is 0 Å². The van der Waals surface area contributed by atoms with Gasteiger partial charge in [-0.25, -0.2) is 8.42 Å². The summed E-state index contributed by atoms with van der Waals surface area (Å²) in [6.45, 7) is 2.89. The SMILES string of the molecule is CCCC[C@@H]1CN(c2ccccc2)c2cc(SC)c(CSCC(=O)O)cc2S(=O)(=O)N1Cc1ccc(OC)cc1. The number of carboxylic acids is 1. The van der Waals surface area contributed by atoms with Gasteiger partial charge in [0.1, 0.15) is 10.6 Å². The number of anilines is 2. The molecule has 0 amide bonds. The molecule has 0 aliphatic carbocycles. The molecule has 0 spiro atoms. The number of fused-ring (bicyclic) bond motifs is 1. The summed E-state index contributed by atoms with van der Waals surface area (Å²) in [6, 6.07) is 21.0. The third kappa shape index (κ3) is 6.97. The van der Waals surface area contributed by atoms with Crippen LogP contribution < -0.4 is 9.64 Å². The molecule has 3 aromatic carbocycles. The van der Waals surface area contributed by atoms with Crippen molar-refractivity contribution in [1.82, 2.24) is 4.31 Å². The number of methoxy groups -OCH3 is 1. The molecule has 0 saturated carbocycles. The summed E-state index contributed by atoms with van der Waals surface area (Å²) < 4.78 is 36.2. The zero-order valence-corrected chi connectivity index (χ0v) is 25.5. The number of carbonyl (C=O) groups is 1. The van der Waals surface area contributed by atoms with E-state index in [0.29, 0.717) is 18.0 Å². The molecular formula is C30H36N2O5S3. The molecule has 4 rings (SSSR count). The van der Waals surface area contributed by atoms with Crippen LogP contribution in [0.1, 0.15) is 37.3 Å². The highest BCUT2D eigenvalue weighted by molar-refractivity contribution is 7.99. The number of hydrogen-bond donors (Lipinski definition) is 1. The highest BCUT2D eigenvalue weighted by Crippen LogP contribution is 2.42. The highest BCUT2D eigenvalue weighted by atomic mass is 32.2. The lowest BCUT2D eigenvalue weighted by Crippen LogP contribution is -2.43. The Hall–Kier alpha value is -2.66. The standard InChI is InChI=1S/C30H36N2O5S3/c1-4-5-9-25-19-31(24-10-7-6-8-11-24)27-17-28(38-3)23(20-39-21-30(33)34)16-29(27)40(35,36)32(25)18-22-12-14-26(37-2)15-13-22/h6-8,10-17,25H,4-5,9,18-21H2,1-3H3,(H,33,34)/t25-/m1/s1. The van der Waals surface area contributed by atoms with Crippen LogP contribution in [-0.4, -0.2) is 55.5 Å². The maximum atomic E-state index is 14.6. The highest BCUT2D eigenvalue weighted by Gasteiger charge is 2.39. The fraction of sp³-hybridized carbons (Fsp3) is 0.367. The Bertz CT molecular complexity index is 1400. The van der Waals surface area contributed by atoms with E-state index in [-0.39, 0.29) is 23.2 Å². The van der Waals surface area contributed by atoms with Gasteiger partial charge in [0.05, 0.1) is 18.6 Å². The summed E-state index contributed by atoms with van der Waals surface area (Å²) in [7, 11) is -2.31. The second-order valence-corrected chi connectivity index (χ2v) is 13.4. The lowest BCUT2D eigenvalue weighted by atomic mass is 10.1. The molecule has 0 saturated heterocycles. The van der Waals surface area contributed by atoms with E-state index < -0.39 is 16.0 Å². The molecule has 0 bridgehead atoms. The summed E-state index contributed by atoms with van der Waals surface area (Å²) >= 11 is 2.81. The summed E-state index contributed by atoms with van der Waals surface area (Å²) in [5.41, 5.74) is 3.30. The van der Waals surface area contributed by atoms with Gasteiger partial charge in [-0.1, -0.05) is 50.1 Å². The lowest BCUT2D eigenvalue weighted by molar-refractivity contribution is -0.133. The minimum atomic E-state index is -3.92. The fourth-order valence-corrected chi connectivity index (χ4v) is 8.25. The van der Waals surface area contributed by atoms with Gasteiger partial charge >= 0.3 is 5.97 Å². The monoisotopic (exact) mass is 600 g/mol. The number of para-hydroxylation sites is 1. The average molecular weight is 601 g/mol. The van der Waals surface area contributed by atoms with Crippen LogP contribution in [0.4, 0.5) is 11.4 Å². The largest absolute Gasteiger partial charge is 0.497 e. The number of nitrogens with zero attached hydrogens (tertiary/aromatic N) is 2. The molecule has 7 nitrogen and oxygen atoms in total. The molecule has 10 heteroatoms. The Morgan fingerprint density at radius 1 is 1.10 bits per heavy atom. The predicted molar refractivity (Wildman–Crippen MR) is 165 cm³/mol. The van der Waals surface area contributed by atoms with Crippen LogP contribution >= 0.6 is 23.5 Å². The van der Waals surface area contributed by atoms with E-state index in [9.17, 15) is 13.2 Å². The number of sulfonamides is 1. The molecule has 40 heavy (non-hydrogen) atoms. The van der Waals surface area contributed by atoms with E-state index >= 15 is 0 Å². The Morgan fingerprint density at radius 3 is 2.45 bits per heavy atom. The number of rotatable bonds is 12. The molecule has 1 atom stereocenters. The molecular weight excluding hydrogens is 565 g/mol. The minimum Gasteiger partial charge on any atom is -0.497 e.